The molecule has 4 atom stereocenters. The van der Waals surface area contributed by atoms with Crippen molar-refractivity contribution < 1.29 is 23.8 Å². The van der Waals surface area contributed by atoms with E-state index < -0.39 is 6.29 Å². The normalized spacial score (nSPS) is 19.0. The van der Waals surface area contributed by atoms with Crippen LogP contribution in [0.3, 0.4) is 0 Å². The maximum absolute atomic E-state index is 12.9. The van der Waals surface area contributed by atoms with Gasteiger partial charge in [-0.25, -0.2) is 4.98 Å². The molecule has 1 aliphatic heterocycles. The molecule has 6 aromatic rings. The van der Waals surface area contributed by atoms with Crippen molar-refractivity contribution in [2.75, 3.05) is 11.1 Å². The molecule has 1 amide bonds. The van der Waals surface area contributed by atoms with E-state index in [0.717, 1.165) is 39.3 Å². The highest BCUT2D eigenvalue weighted by Crippen LogP contribution is 2.44. The number of benzene rings is 5. The summed E-state index contributed by atoms with van der Waals surface area (Å²) in [6, 6.07) is 44.6. The van der Waals surface area contributed by atoms with Crippen LogP contribution in [0.1, 0.15) is 46.4 Å². The fourth-order valence-corrected chi connectivity index (χ4v) is 6.95. The second-order valence-electron chi connectivity index (χ2n) is 12.0. The molecule has 8 heteroatoms. The molecule has 7 rings (SSSR count). The highest BCUT2D eigenvalue weighted by Gasteiger charge is 2.39. The van der Waals surface area contributed by atoms with E-state index >= 15 is 0 Å². The Morgan fingerprint density at radius 2 is 1.45 bits per heavy atom. The lowest BCUT2D eigenvalue weighted by atomic mass is 9.91. The van der Waals surface area contributed by atoms with Crippen molar-refractivity contribution in [2.24, 2.45) is 5.92 Å². The molecule has 0 radical (unpaired) electrons. The van der Waals surface area contributed by atoms with E-state index in [2.05, 4.69) is 12.2 Å². The van der Waals surface area contributed by atoms with Gasteiger partial charge in [-0.1, -0.05) is 134 Å². The van der Waals surface area contributed by atoms with Crippen LogP contribution in [0.25, 0.3) is 22.6 Å². The van der Waals surface area contributed by atoms with Crippen molar-refractivity contribution in [3.63, 3.8) is 0 Å². The summed E-state index contributed by atoms with van der Waals surface area (Å²) in [6.07, 6.45) is -1.22. The van der Waals surface area contributed by atoms with E-state index in [4.69, 9.17) is 18.9 Å². The zero-order chi connectivity index (χ0) is 33.6. The summed E-state index contributed by atoms with van der Waals surface area (Å²) < 4.78 is 19.8. The molecule has 2 N–H and O–H groups in total. The minimum atomic E-state index is -0.692. The van der Waals surface area contributed by atoms with E-state index in [-0.39, 0.29) is 30.6 Å². The molecule has 7 nitrogen and oxygen atoms in total. The molecule has 1 fully saturated rings. The number of amides is 1. The summed E-state index contributed by atoms with van der Waals surface area (Å²) in [5.41, 5.74) is 6.58. The first-order valence-electron chi connectivity index (χ1n) is 16.3. The van der Waals surface area contributed by atoms with Crippen LogP contribution in [0.15, 0.2) is 149 Å². The molecule has 1 saturated heterocycles. The predicted octanol–water partition coefficient (Wildman–Crippen LogP) is 9.34. The summed E-state index contributed by atoms with van der Waals surface area (Å²) in [4.78, 5) is 17.9. The molecule has 5 aromatic carbocycles. The number of carbonyl (C=O) groups is 1. The van der Waals surface area contributed by atoms with Crippen LogP contribution in [-0.4, -0.2) is 27.9 Å². The number of aromatic nitrogens is 1. The van der Waals surface area contributed by atoms with Gasteiger partial charge in [0.1, 0.15) is 5.69 Å². The molecule has 1 aliphatic rings. The fourth-order valence-electron chi connectivity index (χ4n) is 5.96. The molecule has 2 heterocycles. The third-order valence-corrected chi connectivity index (χ3v) is 9.55. The van der Waals surface area contributed by atoms with E-state index in [0.29, 0.717) is 22.2 Å². The summed E-state index contributed by atoms with van der Waals surface area (Å²) in [7, 11) is 0. The molecule has 0 saturated carbocycles. The predicted molar refractivity (Wildman–Crippen MR) is 192 cm³/mol. The first-order valence-corrected chi connectivity index (χ1v) is 17.3. The van der Waals surface area contributed by atoms with Crippen LogP contribution in [0.4, 0.5) is 5.69 Å². The molecular weight excluding hydrogens is 633 g/mol. The van der Waals surface area contributed by atoms with E-state index in [1.807, 2.05) is 127 Å². The number of anilines is 1. The number of nitrogens with zero attached hydrogens (tertiary/aromatic N) is 1. The quantitative estimate of drug-likeness (QED) is 0.141. The van der Waals surface area contributed by atoms with Gasteiger partial charge in [0.25, 0.3) is 11.1 Å². The molecule has 246 valence electrons. The second kappa shape index (κ2) is 15.1. The van der Waals surface area contributed by atoms with Crippen molar-refractivity contribution in [1.82, 2.24) is 4.98 Å². The first-order chi connectivity index (χ1) is 24.1. The average Bonchev–Trinajstić information content (AvgIpc) is 3.60. The van der Waals surface area contributed by atoms with Crippen LogP contribution < -0.4 is 5.32 Å². The molecule has 49 heavy (non-hydrogen) atoms. The van der Waals surface area contributed by atoms with Crippen molar-refractivity contribution in [1.29, 1.82) is 0 Å². The lowest BCUT2D eigenvalue weighted by molar-refractivity contribution is -0.268. The second-order valence-corrected chi connectivity index (χ2v) is 12.9. The SMILES string of the molecule is CC1C(CSc2nc(-c3ccccc3)c(-c3ccccc3)o2)OC(c2cccc(NC(=O)c3ccccc3)c2)OC1c1ccc(CO)cc1. The van der Waals surface area contributed by atoms with Gasteiger partial charge in [0.05, 0.1) is 18.8 Å². The van der Waals surface area contributed by atoms with Crippen molar-refractivity contribution in [3.8, 4) is 22.6 Å². The van der Waals surface area contributed by atoms with Gasteiger partial charge in [0.2, 0.25) is 0 Å². The van der Waals surface area contributed by atoms with Crippen molar-refractivity contribution >= 4 is 23.4 Å². The smallest absolute Gasteiger partial charge is 0.256 e. The van der Waals surface area contributed by atoms with Gasteiger partial charge in [-0.05, 0) is 35.4 Å². The molecule has 0 bridgehead atoms. The number of nitrogens with one attached hydrogen (secondary N) is 1. The molecule has 1 aromatic heterocycles. The standard InChI is InChI=1S/C41H36N2O5S/c1-27-35(26-49-41-43-36(29-12-5-2-6-13-29)38(48-41)30-14-7-3-8-15-30)46-40(47-37(27)31-22-20-28(25-44)21-23-31)33-18-11-19-34(24-33)42-39(45)32-16-9-4-10-17-32/h2-24,27,35,37,40,44H,25-26H2,1H3,(H,42,45). The number of oxazole rings is 1. The maximum atomic E-state index is 12.9. The van der Waals surface area contributed by atoms with Crippen LogP contribution in [0, 0.1) is 5.92 Å². The number of thioether (sulfide) groups is 1. The summed E-state index contributed by atoms with van der Waals surface area (Å²) >= 11 is 1.52. The molecule has 4 unspecified atom stereocenters. The number of carbonyl (C=O) groups excluding carboxylic acids is 1. The summed E-state index contributed by atoms with van der Waals surface area (Å²) in [5, 5.41) is 13.2. The lowest BCUT2D eigenvalue weighted by Crippen LogP contribution is -2.38. The Labute approximate surface area is 290 Å². The monoisotopic (exact) mass is 668 g/mol. The number of ether oxygens (including phenoxy) is 2. The van der Waals surface area contributed by atoms with Crippen molar-refractivity contribution in [2.45, 2.75) is 37.3 Å². The number of hydrogen-bond donors (Lipinski definition) is 2. The first kappa shape index (κ1) is 32.6. The molecule has 0 spiro atoms. The number of rotatable bonds is 10. The van der Waals surface area contributed by atoms with Gasteiger partial charge in [-0.3, -0.25) is 4.79 Å². The van der Waals surface area contributed by atoms with Crippen LogP contribution in [-0.2, 0) is 16.1 Å². The number of aliphatic hydroxyl groups is 1. The summed E-state index contributed by atoms with van der Waals surface area (Å²) in [6.45, 7) is 2.10. The fraction of sp³-hybridized carbons (Fsp3) is 0.171. The average molecular weight is 669 g/mol. The van der Waals surface area contributed by atoms with E-state index in [1.54, 1.807) is 12.1 Å². The van der Waals surface area contributed by atoms with Crippen LogP contribution in [0.2, 0.25) is 0 Å². The Morgan fingerprint density at radius 1 is 0.776 bits per heavy atom. The zero-order valence-electron chi connectivity index (χ0n) is 26.9. The van der Waals surface area contributed by atoms with Gasteiger partial charge >= 0.3 is 0 Å². The minimum absolute atomic E-state index is 0.0261. The lowest BCUT2D eigenvalue weighted by Gasteiger charge is -2.41. The van der Waals surface area contributed by atoms with Gasteiger partial charge in [-0.2, -0.15) is 0 Å². The van der Waals surface area contributed by atoms with Gasteiger partial charge in [0.15, 0.2) is 12.1 Å². The van der Waals surface area contributed by atoms with Gasteiger partial charge in [0, 0.05) is 39.6 Å². The third kappa shape index (κ3) is 7.53. The Kier molecular flexibility index (Phi) is 10.0. The minimum Gasteiger partial charge on any atom is -0.431 e. The largest absolute Gasteiger partial charge is 0.431 e. The van der Waals surface area contributed by atoms with E-state index in [1.165, 1.54) is 11.8 Å². The topological polar surface area (TPSA) is 93.8 Å². The Bertz CT molecular complexity index is 1930. The number of hydrogen-bond acceptors (Lipinski definition) is 7. The summed E-state index contributed by atoms with van der Waals surface area (Å²) in [5.74, 6) is 1.08. The van der Waals surface area contributed by atoms with Crippen LogP contribution in [0.5, 0.6) is 0 Å². The van der Waals surface area contributed by atoms with Gasteiger partial charge < -0.3 is 24.3 Å². The highest BCUT2D eigenvalue weighted by atomic mass is 32.2. The third-order valence-electron chi connectivity index (χ3n) is 8.64. The van der Waals surface area contributed by atoms with E-state index in [9.17, 15) is 9.90 Å². The highest BCUT2D eigenvalue weighted by molar-refractivity contribution is 7.99. The Balaban J connectivity index is 1.16. The zero-order valence-corrected chi connectivity index (χ0v) is 27.8. The molecular formula is C41H36N2O5S. The van der Waals surface area contributed by atoms with Crippen LogP contribution >= 0.6 is 11.8 Å². The Hall–Kier alpha value is -4.99. The number of aliphatic hydroxyl groups excluding tert-OH is 1. The Morgan fingerprint density at radius 3 is 2.14 bits per heavy atom. The maximum Gasteiger partial charge on any atom is 0.256 e. The molecule has 0 aliphatic carbocycles. The van der Waals surface area contributed by atoms with Gasteiger partial charge in [-0.15, -0.1) is 0 Å². The van der Waals surface area contributed by atoms with Crippen molar-refractivity contribution in [3.05, 3.63) is 162 Å².